The summed E-state index contributed by atoms with van der Waals surface area (Å²) in [6.45, 7) is 0. The molecule has 1 aromatic heterocycles. The molecular weight excluding hydrogens is 390 g/mol. The van der Waals surface area contributed by atoms with Gasteiger partial charge in [0, 0.05) is 16.6 Å². The normalized spacial score (nSPS) is 13.0. The van der Waals surface area contributed by atoms with Crippen LogP contribution in [0.5, 0.6) is 5.75 Å². The highest BCUT2D eigenvalue weighted by molar-refractivity contribution is 9.10. The van der Waals surface area contributed by atoms with Gasteiger partial charge in [0.15, 0.2) is 0 Å². The van der Waals surface area contributed by atoms with Crippen LogP contribution < -0.4 is 21.3 Å². The second-order valence-corrected chi connectivity index (χ2v) is 5.97. The van der Waals surface area contributed by atoms with Crippen LogP contribution in [0.2, 0.25) is 5.02 Å². The second-order valence-electron chi connectivity index (χ2n) is 4.71. The number of hydrogen-bond acceptors (Lipinski definition) is 5. The lowest BCUT2D eigenvalue weighted by Gasteiger charge is -2.15. The molecule has 0 saturated carbocycles. The molecular formula is C14H9BrClN3O4. The molecule has 0 bridgehead atoms. The molecule has 2 amide bonds. The molecule has 1 aliphatic rings. The molecule has 3 N–H and O–H groups in total. The molecule has 0 spiro atoms. The van der Waals surface area contributed by atoms with Gasteiger partial charge in [0.25, 0.3) is 17.4 Å². The first-order chi connectivity index (χ1) is 10.8. The van der Waals surface area contributed by atoms with Crippen molar-refractivity contribution in [2.75, 3.05) is 12.8 Å². The van der Waals surface area contributed by atoms with E-state index >= 15 is 0 Å². The predicted octanol–water partition coefficient (Wildman–Crippen LogP) is 1.73. The summed E-state index contributed by atoms with van der Waals surface area (Å²) in [6.07, 6.45) is 0. The number of fused-ring (bicyclic) bond motifs is 1. The molecule has 2 aromatic rings. The van der Waals surface area contributed by atoms with Crippen molar-refractivity contribution >= 4 is 45.2 Å². The van der Waals surface area contributed by atoms with Gasteiger partial charge in [-0.05, 0) is 22.0 Å². The number of methoxy groups -OCH3 is 1. The number of imide groups is 1. The summed E-state index contributed by atoms with van der Waals surface area (Å²) in [7, 11) is 1.43. The zero-order valence-electron chi connectivity index (χ0n) is 11.6. The van der Waals surface area contributed by atoms with Crippen LogP contribution in [0.1, 0.15) is 20.7 Å². The first-order valence-electron chi connectivity index (χ1n) is 6.29. The number of halogens is 2. The third-order valence-corrected chi connectivity index (χ3v) is 4.35. The van der Waals surface area contributed by atoms with Crippen LogP contribution in [-0.4, -0.2) is 23.5 Å². The predicted molar refractivity (Wildman–Crippen MR) is 87.5 cm³/mol. The molecule has 118 valence electrons. The minimum absolute atomic E-state index is 0.0320. The third kappa shape index (κ3) is 2.30. The summed E-state index contributed by atoms with van der Waals surface area (Å²) in [5.74, 6) is -1.10. The highest BCUT2D eigenvalue weighted by atomic mass is 79.9. The van der Waals surface area contributed by atoms with Gasteiger partial charge in [-0.15, -0.1) is 0 Å². The summed E-state index contributed by atoms with van der Waals surface area (Å²) in [5, 5.41) is 2.44. The Kier molecular flexibility index (Phi) is 3.65. The van der Waals surface area contributed by atoms with E-state index in [1.807, 2.05) is 0 Å². The summed E-state index contributed by atoms with van der Waals surface area (Å²) in [5.41, 5.74) is 5.68. The number of nitrogens with zero attached hydrogens (tertiary/aromatic N) is 1. The number of benzene rings is 1. The number of pyridine rings is 1. The van der Waals surface area contributed by atoms with Gasteiger partial charge < -0.3 is 10.5 Å². The minimum atomic E-state index is -0.645. The van der Waals surface area contributed by atoms with E-state index < -0.39 is 17.4 Å². The van der Waals surface area contributed by atoms with Gasteiger partial charge >= 0.3 is 0 Å². The molecule has 0 fully saturated rings. The maximum Gasteiger partial charge on any atom is 0.262 e. The lowest BCUT2D eigenvalue weighted by atomic mass is 10.1. The number of amides is 2. The van der Waals surface area contributed by atoms with Gasteiger partial charge in [0.05, 0.1) is 28.9 Å². The Morgan fingerprint density at radius 3 is 2.57 bits per heavy atom. The summed E-state index contributed by atoms with van der Waals surface area (Å²) in [6, 6.07) is 4.12. The van der Waals surface area contributed by atoms with E-state index in [2.05, 4.69) is 21.2 Å². The van der Waals surface area contributed by atoms with Crippen LogP contribution >= 0.6 is 27.5 Å². The van der Waals surface area contributed by atoms with Crippen molar-refractivity contribution in [2.45, 2.75) is 0 Å². The van der Waals surface area contributed by atoms with Crippen molar-refractivity contribution in [2.24, 2.45) is 0 Å². The van der Waals surface area contributed by atoms with Gasteiger partial charge in [-0.3, -0.25) is 24.3 Å². The molecule has 0 atom stereocenters. The quantitative estimate of drug-likeness (QED) is 0.750. The van der Waals surface area contributed by atoms with E-state index in [0.717, 1.165) is 10.6 Å². The lowest BCUT2D eigenvalue weighted by molar-refractivity contribution is 0.0880. The molecule has 0 aliphatic carbocycles. The molecule has 9 heteroatoms. The van der Waals surface area contributed by atoms with Crippen LogP contribution in [0, 0.1) is 0 Å². The Labute approximate surface area is 143 Å². The van der Waals surface area contributed by atoms with Crippen molar-refractivity contribution in [1.82, 2.24) is 9.88 Å². The summed E-state index contributed by atoms with van der Waals surface area (Å²) >= 11 is 9.32. The maximum absolute atomic E-state index is 12.4. The SMILES string of the molecule is COc1cc(-n2c(N)c3c(cc2=O)C(=O)NC3=O)c(Br)cc1Cl. The molecule has 1 aromatic carbocycles. The fraction of sp³-hybridized carbons (Fsp3) is 0.0714. The number of anilines is 1. The Morgan fingerprint density at radius 2 is 1.91 bits per heavy atom. The molecule has 2 heterocycles. The number of carbonyl (C=O) groups excluding carboxylic acids is 2. The molecule has 3 rings (SSSR count). The van der Waals surface area contributed by atoms with Crippen molar-refractivity contribution in [1.29, 1.82) is 0 Å². The fourth-order valence-electron chi connectivity index (χ4n) is 2.37. The van der Waals surface area contributed by atoms with Crippen LogP contribution in [0.15, 0.2) is 27.5 Å². The van der Waals surface area contributed by atoms with Crippen molar-refractivity contribution in [3.05, 3.63) is 49.2 Å². The van der Waals surface area contributed by atoms with Crippen LogP contribution in [0.4, 0.5) is 5.82 Å². The van der Waals surface area contributed by atoms with E-state index in [9.17, 15) is 14.4 Å². The summed E-state index contributed by atoms with van der Waals surface area (Å²) in [4.78, 5) is 35.9. The van der Waals surface area contributed by atoms with E-state index in [-0.39, 0.29) is 16.9 Å². The first kappa shape index (κ1) is 15.6. The topological polar surface area (TPSA) is 103 Å². The highest BCUT2D eigenvalue weighted by Gasteiger charge is 2.32. The number of nitrogens with one attached hydrogen (secondary N) is 1. The smallest absolute Gasteiger partial charge is 0.262 e. The summed E-state index contributed by atoms with van der Waals surface area (Å²) < 4.78 is 6.72. The molecule has 1 aliphatic heterocycles. The van der Waals surface area contributed by atoms with Crippen LogP contribution in [-0.2, 0) is 0 Å². The molecule has 0 saturated heterocycles. The van der Waals surface area contributed by atoms with Gasteiger partial charge in [-0.2, -0.15) is 0 Å². The Balaban J connectivity index is 2.35. The van der Waals surface area contributed by atoms with Gasteiger partial charge in [0.2, 0.25) is 0 Å². The van der Waals surface area contributed by atoms with E-state index in [1.165, 1.54) is 13.2 Å². The average molecular weight is 399 g/mol. The number of nitrogens with two attached hydrogens (primary N) is 1. The molecule has 7 nitrogen and oxygen atoms in total. The Morgan fingerprint density at radius 1 is 1.22 bits per heavy atom. The van der Waals surface area contributed by atoms with Crippen LogP contribution in [0.25, 0.3) is 5.69 Å². The zero-order valence-corrected chi connectivity index (χ0v) is 14.0. The monoisotopic (exact) mass is 397 g/mol. The number of carbonyl (C=O) groups is 2. The minimum Gasteiger partial charge on any atom is -0.495 e. The Hall–Kier alpha value is -2.32. The largest absolute Gasteiger partial charge is 0.495 e. The standard InChI is InChI=1S/C14H9BrClN3O4/c1-23-9-4-8(6(15)3-7(9)16)19-10(20)2-5-11(12(19)17)14(22)18-13(5)21/h2-4H,17H2,1H3,(H,18,21,22). The number of aromatic nitrogens is 1. The maximum atomic E-state index is 12.4. The number of ether oxygens (including phenoxy) is 1. The van der Waals surface area contributed by atoms with Crippen molar-refractivity contribution in [3.8, 4) is 11.4 Å². The fourth-order valence-corrected chi connectivity index (χ4v) is 3.27. The number of nitrogen functional groups attached to an aromatic ring is 1. The Bertz CT molecular complexity index is 939. The zero-order chi connectivity index (χ0) is 16.9. The van der Waals surface area contributed by atoms with E-state index in [1.54, 1.807) is 6.07 Å². The average Bonchev–Trinajstić information content (AvgIpc) is 2.75. The molecule has 0 unspecified atom stereocenters. The first-order valence-corrected chi connectivity index (χ1v) is 7.47. The number of hydrogen-bond donors (Lipinski definition) is 2. The molecule has 23 heavy (non-hydrogen) atoms. The van der Waals surface area contributed by atoms with Crippen molar-refractivity contribution in [3.63, 3.8) is 0 Å². The van der Waals surface area contributed by atoms with Crippen LogP contribution in [0.3, 0.4) is 0 Å². The lowest BCUT2D eigenvalue weighted by Crippen LogP contribution is -2.24. The second kappa shape index (κ2) is 5.39. The van der Waals surface area contributed by atoms with Gasteiger partial charge in [-0.25, -0.2) is 0 Å². The third-order valence-electron chi connectivity index (χ3n) is 3.42. The van der Waals surface area contributed by atoms with E-state index in [0.29, 0.717) is 20.9 Å². The van der Waals surface area contributed by atoms with Crippen molar-refractivity contribution < 1.29 is 14.3 Å². The number of rotatable bonds is 2. The highest BCUT2D eigenvalue weighted by Crippen LogP contribution is 2.34. The molecule has 0 radical (unpaired) electrons. The van der Waals surface area contributed by atoms with Gasteiger partial charge in [0.1, 0.15) is 11.6 Å². The van der Waals surface area contributed by atoms with Gasteiger partial charge in [-0.1, -0.05) is 11.6 Å². The van der Waals surface area contributed by atoms with E-state index in [4.69, 9.17) is 22.1 Å².